The second-order valence-electron chi connectivity index (χ2n) is 12.9. The first-order chi connectivity index (χ1) is 24.9. The normalized spacial score (nSPS) is 35.8. The van der Waals surface area contributed by atoms with Gasteiger partial charge >= 0.3 is 24.1 Å². The number of carbonyl (C=O) groups excluding carboxylic acids is 1. The number of cyclic esters (lactones) is 1. The molecular formula is C32H32O20S. The highest BCUT2D eigenvalue weighted by Gasteiger charge is 2.70. The predicted octanol–water partition coefficient (Wildman–Crippen LogP) is -2.23. The summed E-state index contributed by atoms with van der Waals surface area (Å²) in [6.07, 6.45) is -16.2. The summed E-state index contributed by atoms with van der Waals surface area (Å²) in [4.78, 5) is 14.1. The van der Waals surface area contributed by atoms with Gasteiger partial charge < -0.3 is 78.7 Å². The number of phenolic OH excluding ortho intramolecular Hbond substituents is 1. The van der Waals surface area contributed by atoms with Gasteiger partial charge in [-0.3, -0.25) is 19.7 Å². The van der Waals surface area contributed by atoms with Crippen LogP contribution in [0.3, 0.4) is 0 Å². The van der Waals surface area contributed by atoms with E-state index in [1.807, 2.05) is 0 Å². The van der Waals surface area contributed by atoms with Crippen molar-refractivity contribution in [2.75, 3.05) is 14.2 Å². The Morgan fingerprint density at radius 1 is 0.830 bits per heavy atom. The van der Waals surface area contributed by atoms with E-state index in [0.717, 1.165) is 35.6 Å². The minimum atomic E-state index is -3.44. The molecule has 4 aliphatic heterocycles. The van der Waals surface area contributed by atoms with E-state index in [1.165, 1.54) is 14.2 Å². The third-order valence-electron chi connectivity index (χ3n) is 9.85. The molecule has 3 saturated heterocycles. The van der Waals surface area contributed by atoms with Crippen molar-refractivity contribution in [3.05, 3.63) is 63.3 Å². The van der Waals surface area contributed by atoms with Gasteiger partial charge in [0.1, 0.15) is 35.7 Å². The Bertz CT molecular complexity index is 1910. The monoisotopic (exact) mass is 768 g/mol. The van der Waals surface area contributed by atoms with Gasteiger partial charge in [-0.15, -0.1) is 11.3 Å². The van der Waals surface area contributed by atoms with Crippen molar-refractivity contribution in [1.29, 1.82) is 0 Å². The van der Waals surface area contributed by atoms with Crippen LogP contribution in [0.15, 0.2) is 41.8 Å². The minimum Gasteiger partial charge on any atom is -0.502 e. The van der Waals surface area contributed by atoms with Crippen molar-refractivity contribution in [2.45, 2.75) is 66.8 Å². The Kier molecular flexibility index (Phi) is 8.20. The highest BCUT2D eigenvalue weighted by Crippen LogP contribution is 2.62. The molecule has 10 N–H and O–H groups in total. The fourth-order valence-corrected chi connectivity index (χ4v) is 8.20. The lowest BCUT2D eigenvalue weighted by Gasteiger charge is -2.51. The Morgan fingerprint density at radius 3 is 2.11 bits per heavy atom. The first-order valence-electron chi connectivity index (χ1n) is 15.7. The number of rotatable bonds is 6. The topological polar surface area (TPSA) is 302 Å². The van der Waals surface area contributed by atoms with Crippen molar-refractivity contribution < 1.29 is 98.5 Å². The Hall–Kier alpha value is -3.91. The van der Waals surface area contributed by atoms with E-state index in [9.17, 15) is 55.9 Å². The van der Waals surface area contributed by atoms with Crippen molar-refractivity contribution in [2.24, 2.45) is 11.8 Å². The molecule has 5 heterocycles. The summed E-state index contributed by atoms with van der Waals surface area (Å²) in [5.74, 6) is -13.9. The molecule has 3 fully saturated rings. The quantitative estimate of drug-likeness (QED) is 0.0937. The first kappa shape index (κ1) is 36.1. The van der Waals surface area contributed by atoms with E-state index in [4.69, 9.17) is 42.6 Å². The number of phenols is 1. The summed E-state index contributed by atoms with van der Waals surface area (Å²) in [6, 6.07) is 7.51. The molecule has 0 amide bonds. The van der Waals surface area contributed by atoms with Crippen LogP contribution in [0.2, 0.25) is 0 Å². The molecule has 5 aliphatic rings. The Balaban J connectivity index is 1.26. The predicted molar refractivity (Wildman–Crippen MR) is 164 cm³/mol. The van der Waals surface area contributed by atoms with Gasteiger partial charge in [-0.05, 0) is 52.4 Å². The van der Waals surface area contributed by atoms with E-state index in [1.54, 1.807) is 17.5 Å². The Labute approximate surface area is 300 Å². The zero-order valence-corrected chi connectivity index (χ0v) is 28.0. The van der Waals surface area contributed by atoms with Crippen LogP contribution in [0, 0.1) is 11.8 Å². The van der Waals surface area contributed by atoms with Crippen LogP contribution < -0.4 is 18.9 Å². The van der Waals surface area contributed by atoms with E-state index in [-0.39, 0.29) is 39.7 Å². The van der Waals surface area contributed by atoms with Crippen LogP contribution in [-0.2, 0) is 34.1 Å². The molecule has 0 bridgehead atoms. The summed E-state index contributed by atoms with van der Waals surface area (Å²) in [7, 11) is 2.37. The number of benzene rings is 2. The standard InChI is InChI=1S/C32H32O20S/c1-44-15-6-10(7-16(45-2)20(15)33)29(37)12-9-14-13(49-32(42,43)50-14)8-11(12)23(18-19(29)26(36)51-30(18,38)39)46-28-22(35)21(34)24-25(48-28)31(40,41)52-27(47-24)17-4-3-5-53-17/h3-9,18-19,21-25,27-28,33-35,37-43H,1-2H3. The molecule has 21 heteroatoms. The lowest BCUT2D eigenvalue weighted by atomic mass is 9.62. The lowest BCUT2D eigenvalue weighted by Crippen LogP contribution is -2.69. The molecule has 10 atom stereocenters. The van der Waals surface area contributed by atoms with Gasteiger partial charge in [0.05, 0.1) is 25.2 Å². The largest absolute Gasteiger partial charge is 0.505 e. The second-order valence-corrected chi connectivity index (χ2v) is 13.9. The summed E-state index contributed by atoms with van der Waals surface area (Å²) >= 11 is 1.14. The number of aromatic hydroxyl groups is 1. The van der Waals surface area contributed by atoms with Gasteiger partial charge in [0.2, 0.25) is 5.75 Å². The van der Waals surface area contributed by atoms with Gasteiger partial charge in [0.25, 0.3) is 0 Å². The highest BCUT2D eigenvalue weighted by molar-refractivity contribution is 7.10. The SMILES string of the molecule is COc1cc(C2(O)c3cc4c(cc3C(OC3OC5C(OC(c6cccs6)OC5(O)O)C(O)C3O)C3C2C(=O)OC3(O)O)OC(O)(O)O4)cc(OC)c1O. The molecule has 10 unspecified atom stereocenters. The van der Waals surface area contributed by atoms with Crippen LogP contribution in [0.25, 0.3) is 0 Å². The number of hydrogen-bond donors (Lipinski definition) is 10. The average molecular weight is 769 g/mol. The lowest BCUT2D eigenvalue weighted by molar-refractivity contribution is -0.503. The average Bonchev–Trinajstić information content (AvgIpc) is 3.79. The van der Waals surface area contributed by atoms with E-state index < -0.39 is 90.4 Å². The van der Waals surface area contributed by atoms with E-state index in [2.05, 4.69) is 0 Å². The number of thiophene rings is 1. The van der Waals surface area contributed by atoms with Crippen LogP contribution in [0.1, 0.15) is 34.0 Å². The van der Waals surface area contributed by atoms with Crippen molar-refractivity contribution in [3.63, 3.8) is 0 Å². The molecule has 286 valence electrons. The van der Waals surface area contributed by atoms with E-state index in [0.29, 0.717) is 4.88 Å². The maximum atomic E-state index is 13.7. The number of carbonyl (C=O) groups is 1. The Morgan fingerprint density at radius 2 is 1.49 bits per heavy atom. The van der Waals surface area contributed by atoms with Crippen LogP contribution in [-0.4, -0.2) is 120 Å². The van der Waals surface area contributed by atoms with Crippen LogP contribution >= 0.6 is 11.3 Å². The maximum absolute atomic E-state index is 13.7. The number of hydrogen-bond acceptors (Lipinski definition) is 21. The molecule has 2 aromatic carbocycles. The van der Waals surface area contributed by atoms with Gasteiger partial charge in [-0.1, -0.05) is 6.07 Å². The number of fused-ring (bicyclic) bond motifs is 4. The van der Waals surface area contributed by atoms with Gasteiger partial charge in [-0.2, -0.15) is 0 Å². The smallest absolute Gasteiger partial charge is 0.502 e. The molecule has 1 aliphatic carbocycles. The molecule has 8 rings (SSSR count). The number of aliphatic hydroxyl groups excluding tert-OH is 2. The molecule has 0 spiro atoms. The summed E-state index contributed by atoms with van der Waals surface area (Å²) < 4.78 is 48.4. The minimum absolute atomic E-state index is 0.249. The molecule has 1 aromatic heterocycles. The van der Waals surface area contributed by atoms with Gasteiger partial charge in [-0.25, -0.2) is 0 Å². The summed E-state index contributed by atoms with van der Waals surface area (Å²) in [6.45, 7) is 0. The molecular weight excluding hydrogens is 736 g/mol. The van der Waals surface area contributed by atoms with Crippen molar-refractivity contribution in [1.82, 2.24) is 0 Å². The van der Waals surface area contributed by atoms with E-state index >= 15 is 0 Å². The zero-order valence-electron chi connectivity index (χ0n) is 27.2. The molecule has 0 saturated carbocycles. The third kappa shape index (κ3) is 5.44. The second kappa shape index (κ2) is 12.0. The maximum Gasteiger partial charge on any atom is 0.505 e. The zero-order chi connectivity index (χ0) is 38.0. The number of aliphatic hydroxyl groups is 9. The molecule has 53 heavy (non-hydrogen) atoms. The fourth-order valence-electron chi connectivity index (χ4n) is 7.52. The molecule has 20 nitrogen and oxygen atoms in total. The van der Waals surface area contributed by atoms with Gasteiger partial charge in [0, 0.05) is 0 Å². The number of methoxy groups -OCH3 is 2. The van der Waals surface area contributed by atoms with Gasteiger partial charge in [0.15, 0.2) is 41.7 Å². The molecule has 3 aromatic rings. The fraction of sp³-hybridized carbons (Fsp3) is 0.469. The third-order valence-corrected chi connectivity index (χ3v) is 10.7. The van der Waals surface area contributed by atoms with Crippen LogP contribution in [0.4, 0.5) is 0 Å². The first-order valence-corrected chi connectivity index (χ1v) is 16.6. The number of esters is 1. The van der Waals surface area contributed by atoms with Crippen LogP contribution in [0.5, 0.6) is 28.7 Å². The van der Waals surface area contributed by atoms with Crippen molar-refractivity contribution in [3.8, 4) is 28.7 Å². The molecule has 0 radical (unpaired) electrons. The summed E-state index contributed by atoms with van der Waals surface area (Å²) in [5, 5.41) is 112. The summed E-state index contributed by atoms with van der Waals surface area (Å²) in [5.41, 5.74) is -3.57. The van der Waals surface area contributed by atoms with Crippen molar-refractivity contribution >= 4 is 17.3 Å². The highest BCUT2D eigenvalue weighted by atomic mass is 32.1. The number of ether oxygens (including phenoxy) is 9.